The van der Waals surface area contributed by atoms with Crippen LogP contribution in [0, 0.1) is 0 Å². The van der Waals surface area contributed by atoms with E-state index in [9.17, 15) is 25.3 Å². The SMILES string of the molecule is O=S(=O)(Cc1nnc(CS(=O)(=O)C2C(c3ccccc3)=NN(c3ccccc3)C2c2ccccc2)o1)NS(=O)(=O)c1ccccc1. The number of nitrogens with one attached hydrogen (secondary N) is 1. The molecule has 0 saturated carbocycles. The Morgan fingerprint density at radius 3 is 1.78 bits per heavy atom. The van der Waals surface area contributed by atoms with Crippen molar-refractivity contribution in [1.82, 2.24) is 14.3 Å². The monoisotopic (exact) mass is 677 g/mol. The van der Waals surface area contributed by atoms with Gasteiger partial charge in [0, 0.05) is 0 Å². The lowest BCUT2D eigenvalue weighted by atomic mass is 9.97. The van der Waals surface area contributed by atoms with Gasteiger partial charge >= 0.3 is 0 Å². The summed E-state index contributed by atoms with van der Waals surface area (Å²) in [5.74, 6) is -2.54. The summed E-state index contributed by atoms with van der Waals surface area (Å²) in [6, 6.07) is 33.5. The minimum atomic E-state index is -4.52. The average molecular weight is 678 g/mol. The molecule has 15 heteroatoms. The molecule has 2 atom stereocenters. The van der Waals surface area contributed by atoms with Gasteiger partial charge in [-0.1, -0.05) is 97.1 Å². The number of hydrazone groups is 1. The molecule has 0 fully saturated rings. The molecule has 5 aromatic rings. The summed E-state index contributed by atoms with van der Waals surface area (Å²) in [4.78, 5) is -0.249. The Morgan fingerprint density at radius 2 is 1.17 bits per heavy atom. The van der Waals surface area contributed by atoms with E-state index in [0.717, 1.165) is 0 Å². The molecule has 1 N–H and O–H groups in total. The minimum Gasteiger partial charge on any atom is -0.423 e. The second-order valence-corrected chi connectivity index (χ2v) is 16.1. The molecule has 4 aromatic carbocycles. The van der Waals surface area contributed by atoms with Gasteiger partial charge in [-0.3, -0.25) is 5.01 Å². The number of sulfonamides is 2. The maximum atomic E-state index is 14.3. The highest BCUT2D eigenvalue weighted by atomic mass is 32.3. The Labute approximate surface area is 266 Å². The number of aromatic nitrogens is 2. The number of hydrogen-bond donors (Lipinski definition) is 1. The van der Waals surface area contributed by atoms with E-state index in [1.54, 1.807) is 39.5 Å². The van der Waals surface area contributed by atoms with Gasteiger partial charge in [0.1, 0.15) is 22.8 Å². The highest BCUT2D eigenvalue weighted by molar-refractivity contribution is 8.04. The van der Waals surface area contributed by atoms with Crippen molar-refractivity contribution in [3.8, 4) is 0 Å². The van der Waals surface area contributed by atoms with Gasteiger partial charge in [0.25, 0.3) is 10.0 Å². The van der Waals surface area contributed by atoms with E-state index in [1.165, 1.54) is 24.3 Å². The number of benzene rings is 4. The molecular formula is C31H27N5O7S3. The number of nitrogens with zero attached hydrogens (tertiary/aromatic N) is 4. The molecule has 6 rings (SSSR count). The van der Waals surface area contributed by atoms with Crippen molar-refractivity contribution < 1.29 is 29.7 Å². The van der Waals surface area contributed by atoms with Crippen molar-refractivity contribution in [2.24, 2.45) is 5.10 Å². The summed E-state index contributed by atoms with van der Waals surface area (Å²) < 4.78 is 86.3. The lowest BCUT2D eigenvalue weighted by Crippen LogP contribution is -2.37. The first-order chi connectivity index (χ1) is 22.0. The third-order valence-corrected chi connectivity index (χ3v) is 12.4. The topological polar surface area (TPSA) is 169 Å². The molecule has 2 heterocycles. The smallest absolute Gasteiger partial charge is 0.253 e. The molecule has 0 spiro atoms. The quantitative estimate of drug-likeness (QED) is 0.217. The fourth-order valence-corrected chi connectivity index (χ4v) is 9.89. The summed E-state index contributed by atoms with van der Waals surface area (Å²) in [5.41, 5.74) is 2.32. The normalized spacial score (nSPS) is 17.1. The lowest BCUT2D eigenvalue weighted by molar-refractivity contribution is 0.471. The number of rotatable bonds is 11. The molecule has 1 aromatic heterocycles. The van der Waals surface area contributed by atoms with Gasteiger partial charge in [-0.05, 0) is 35.4 Å². The van der Waals surface area contributed by atoms with Crippen molar-refractivity contribution in [2.75, 3.05) is 5.01 Å². The van der Waals surface area contributed by atoms with Gasteiger partial charge in [0.15, 0.2) is 9.84 Å². The van der Waals surface area contributed by atoms with Crippen LogP contribution in [0.15, 0.2) is 136 Å². The number of para-hydroxylation sites is 1. The fraction of sp³-hybridized carbons (Fsp3) is 0.129. The lowest BCUT2D eigenvalue weighted by Gasteiger charge is -2.28. The van der Waals surface area contributed by atoms with Gasteiger partial charge in [-0.25, -0.2) is 25.3 Å². The zero-order valence-corrected chi connectivity index (χ0v) is 26.4. The second kappa shape index (κ2) is 12.6. The van der Waals surface area contributed by atoms with Crippen molar-refractivity contribution >= 4 is 41.3 Å². The van der Waals surface area contributed by atoms with Crippen LogP contribution in [0.25, 0.3) is 0 Å². The Morgan fingerprint density at radius 1 is 0.652 bits per heavy atom. The summed E-state index contributed by atoms with van der Waals surface area (Å²) in [6.07, 6.45) is 0. The van der Waals surface area contributed by atoms with Crippen LogP contribution >= 0.6 is 0 Å². The maximum absolute atomic E-state index is 14.3. The van der Waals surface area contributed by atoms with E-state index < -0.39 is 58.6 Å². The zero-order valence-electron chi connectivity index (χ0n) is 24.0. The molecule has 1 aliphatic heterocycles. The zero-order chi connectivity index (χ0) is 32.4. The molecular weight excluding hydrogens is 651 g/mol. The van der Waals surface area contributed by atoms with Crippen LogP contribution in [0.1, 0.15) is 29.0 Å². The van der Waals surface area contributed by atoms with Gasteiger partial charge in [0.2, 0.25) is 21.8 Å². The summed E-state index contributed by atoms with van der Waals surface area (Å²) >= 11 is 0. The van der Waals surface area contributed by atoms with E-state index in [2.05, 4.69) is 10.2 Å². The van der Waals surface area contributed by atoms with Crippen LogP contribution in [0.4, 0.5) is 5.69 Å². The van der Waals surface area contributed by atoms with E-state index in [0.29, 0.717) is 22.5 Å². The Bertz CT molecular complexity index is 2180. The molecule has 12 nitrogen and oxygen atoms in total. The molecule has 236 valence electrons. The molecule has 0 bridgehead atoms. The molecule has 0 amide bonds. The largest absolute Gasteiger partial charge is 0.423 e. The summed E-state index contributed by atoms with van der Waals surface area (Å²) in [5, 5.41) is 12.8. The summed E-state index contributed by atoms with van der Waals surface area (Å²) in [6.45, 7) is 0. The Balaban J connectivity index is 1.31. The van der Waals surface area contributed by atoms with Gasteiger partial charge < -0.3 is 4.42 Å². The molecule has 46 heavy (non-hydrogen) atoms. The molecule has 0 radical (unpaired) electrons. The third-order valence-electron chi connectivity index (χ3n) is 7.09. The first-order valence-electron chi connectivity index (χ1n) is 13.9. The van der Waals surface area contributed by atoms with Crippen molar-refractivity contribution in [1.29, 1.82) is 0 Å². The van der Waals surface area contributed by atoms with E-state index >= 15 is 0 Å². The average Bonchev–Trinajstić information content (AvgIpc) is 3.66. The van der Waals surface area contributed by atoms with Crippen LogP contribution < -0.4 is 9.14 Å². The van der Waals surface area contributed by atoms with Gasteiger partial charge in [0.05, 0.1) is 16.3 Å². The Hall–Kier alpha value is -4.70. The van der Waals surface area contributed by atoms with Crippen molar-refractivity contribution in [2.45, 2.75) is 27.7 Å². The number of hydrogen-bond acceptors (Lipinski definition) is 11. The van der Waals surface area contributed by atoms with Crippen molar-refractivity contribution in [3.63, 3.8) is 0 Å². The maximum Gasteiger partial charge on any atom is 0.253 e. The van der Waals surface area contributed by atoms with Crippen LogP contribution in [-0.4, -0.2) is 46.4 Å². The number of sulfone groups is 1. The van der Waals surface area contributed by atoms with Crippen molar-refractivity contribution in [3.05, 3.63) is 144 Å². The van der Waals surface area contributed by atoms with Gasteiger partial charge in [-0.15, -0.1) is 14.3 Å². The van der Waals surface area contributed by atoms with E-state index in [-0.39, 0.29) is 10.8 Å². The van der Waals surface area contributed by atoms with Crippen LogP contribution in [-0.2, 0) is 41.4 Å². The highest BCUT2D eigenvalue weighted by Gasteiger charge is 2.48. The predicted molar refractivity (Wildman–Crippen MR) is 171 cm³/mol. The van der Waals surface area contributed by atoms with Gasteiger partial charge in [-0.2, -0.15) is 5.10 Å². The first kappa shape index (κ1) is 31.3. The fourth-order valence-electron chi connectivity index (χ4n) is 5.15. The predicted octanol–water partition coefficient (Wildman–Crippen LogP) is 3.83. The Kier molecular flexibility index (Phi) is 8.57. The molecule has 0 saturated heterocycles. The second-order valence-electron chi connectivity index (χ2n) is 10.4. The molecule has 2 unspecified atom stereocenters. The standard InChI is InChI=1S/C31H27N5O7S3/c37-44(38,21-27-32-33-28(43-27)22-45(39,40)35-46(41,42)26-19-11-4-12-20-26)31-29(23-13-5-1-6-14-23)34-36(25-17-9-3-10-18-25)30(31)24-15-7-2-8-16-24/h1-20,30-31,35H,21-22H2. The minimum absolute atomic E-state index is 0.249. The third kappa shape index (κ3) is 6.77. The highest BCUT2D eigenvalue weighted by Crippen LogP contribution is 2.41. The van der Waals surface area contributed by atoms with E-state index in [1.807, 2.05) is 66.7 Å². The number of anilines is 1. The van der Waals surface area contributed by atoms with E-state index in [4.69, 9.17) is 9.52 Å². The molecule has 0 aliphatic carbocycles. The van der Waals surface area contributed by atoms with Crippen LogP contribution in [0.5, 0.6) is 0 Å². The summed E-state index contributed by atoms with van der Waals surface area (Å²) in [7, 11) is -13.1. The molecule has 1 aliphatic rings. The van der Waals surface area contributed by atoms with Crippen LogP contribution in [0.2, 0.25) is 0 Å². The van der Waals surface area contributed by atoms with Crippen LogP contribution in [0.3, 0.4) is 0 Å². The first-order valence-corrected chi connectivity index (χ1v) is 18.7.